The number of hydrogen-bond acceptors (Lipinski definition) is 3. The maximum atomic E-state index is 11.0. The van der Waals surface area contributed by atoms with Crippen molar-refractivity contribution in [3.8, 4) is 0 Å². The summed E-state index contributed by atoms with van der Waals surface area (Å²) in [5, 5.41) is 0. The molecular formula is C18H36O4S. The van der Waals surface area contributed by atoms with Crippen molar-refractivity contribution in [3.63, 3.8) is 0 Å². The van der Waals surface area contributed by atoms with E-state index in [-0.39, 0.29) is 6.42 Å². The summed E-state index contributed by atoms with van der Waals surface area (Å²) in [4.78, 5) is 11.0. The van der Waals surface area contributed by atoms with Crippen molar-refractivity contribution >= 4 is 17.3 Å². The fourth-order valence-electron chi connectivity index (χ4n) is 2.76. The normalized spacial score (nSPS) is 12.3. The third-order valence-corrected chi connectivity index (χ3v) is 4.48. The fraction of sp³-hybridized carbons (Fsp3) is 0.944. The maximum absolute atomic E-state index is 11.0. The molecule has 0 aromatic rings. The van der Waals surface area contributed by atoms with E-state index in [9.17, 15) is 9.00 Å². The molecule has 23 heavy (non-hydrogen) atoms. The van der Waals surface area contributed by atoms with Crippen LogP contribution in [0.2, 0.25) is 0 Å². The predicted molar refractivity (Wildman–Crippen MR) is 96.4 cm³/mol. The third-order valence-electron chi connectivity index (χ3n) is 4.15. The van der Waals surface area contributed by atoms with Crippen LogP contribution in [-0.4, -0.2) is 14.7 Å². The molecule has 0 heterocycles. The second-order valence-electron chi connectivity index (χ2n) is 6.37. The smallest absolute Gasteiger partial charge is 0.343 e. The third kappa shape index (κ3) is 19.5. The highest BCUT2D eigenvalue weighted by molar-refractivity contribution is 7.74. The van der Waals surface area contributed by atoms with Crippen LogP contribution in [0.3, 0.4) is 0 Å². The van der Waals surface area contributed by atoms with Gasteiger partial charge in [0.15, 0.2) is 0 Å². The van der Waals surface area contributed by atoms with E-state index in [1.165, 1.54) is 77.0 Å². The molecule has 5 heteroatoms. The first-order valence-corrected chi connectivity index (χ1v) is 10.5. The van der Waals surface area contributed by atoms with Crippen LogP contribution in [0.4, 0.5) is 0 Å². The highest BCUT2D eigenvalue weighted by atomic mass is 32.2. The lowest BCUT2D eigenvalue weighted by Crippen LogP contribution is -2.05. The van der Waals surface area contributed by atoms with E-state index < -0.39 is 17.3 Å². The van der Waals surface area contributed by atoms with Crippen molar-refractivity contribution < 1.29 is 17.7 Å². The summed E-state index contributed by atoms with van der Waals surface area (Å²) in [5.74, 6) is -0.583. The molecule has 138 valence electrons. The summed E-state index contributed by atoms with van der Waals surface area (Å²) in [6, 6.07) is 0. The number of hydrogen-bond donors (Lipinski definition) is 1. The summed E-state index contributed by atoms with van der Waals surface area (Å²) in [5.41, 5.74) is 0. The van der Waals surface area contributed by atoms with Crippen molar-refractivity contribution in [2.24, 2.45) is 0 Å². The molecule has 1 unspecified atom stereocenters. The average molecular weight is 349 g/mol. The highest BCUT2D eigenvalue weighted by Gasteiger charge is 2.05. The van der Waals surface area contributed by atoms with Crippen molar-refractivity contribution in [3.05, 3.63) is 0 Å². The minimum absolute atomic E-state index is 0.241. The number of carbonyl (C=O) groups is 1. The Morgan fingerprint density at radius 1 is 0.739 bits per heavy atom. The molecule has 0 rings (SSSR count). The van der Waals surface area contributed by atoms with E-state index in [1.807, 2.05) is 0 Å². The maximum Gasteiger partial charge on any atom is 0.360 e. The Balaban J connectivity index is 3.08. The molecule has 0 radical (unpaired) electrons. The van der Waals surface area contributed by atoms with Crippen LogP contribution in [0, 0.1) is 0 Å². The van der Waals surface area contributed by atoms with Gasteiger partial charge in [0.2, 0.25) is 0 Å². The molecule has 0 amide bonds. The van der Waals surface area contributed by atoms with Gasteiger partial charge in [-0.05, 0) is 6.42 Å². The van der Waals surface area contributed by atoms with Crippen molar-refractivity contribution in [1.82, 2.24) is 0 Å². The molecule has 0 aromatic carbocycles. The summed E-state index contributed by atoms with van der Waals surface area (Å²) in [7, 11) is 0. The van der Waals surface area contributed by atoms with Crippen LogP contribution >= 0.6 is 0 Å². The molecule has 1 atom stereocenters. The summed E-state index contributed by atoms with van der Waals surface area (Å²) >= 11 is -2.46. The molecule has 1 N–H and O–H groups in total. The Morgan fingerprint density at radius 3 is 1.43 bits per heavy atom. The van der Waals surface area contributed by atoms with Crippen molar-refractivity contribution in [1.29, 1.82) is 0 Å². The second kappa shape index (κ2) is 17.9. The molecule has 0 fully saturated rings. The molecule has 0 saturated heterocycles. The Hall–Kier alpha value is -0.420. The SMILES string of the molecule is CCCCCCCCCCCCCCCCCC(=O)OS(=O)O. The van der Waals surface area contributed by atoms with Crippen LogP contribution in [0.25, 0.3) is 0 Å². The molecule has 0 spiro atoms. The van der Waals surface area contributed by atoms with Crippen LogP contribution in [-0.2, 0) is 20.3 Å². The minimum atomic E-state index is -2.46. The Morgan fingerprint density at radius 2 is 1.09 bits per heavy atom. The number of rotatable bonds is 17. The molecule has 0 aliphatic rings. The lowest BCUT2D eigenvalue weighted by Gasteiger charge is -2.03. The van der Waals surface area contributed by atoms with E-state index in [1.54, 1.807) is 0 Å². The number of carbonyl (C=O) groups excluding carboxylic acids is 1. The predicted octanol–water partition coefficient (Wildman–Crippen LogP) is 5.93. The first-order valence-electron chi connectivity index (χ1n) is 9.48. The first-order chi connectivity index (χ1) is 11.2. The Kier molecular flexibility index (Phi) is 17.6. The van der Waals surface area contributed by atoms with E-state index >= 15 is 0 Å². The summed E-state index contributed by atoms with van der Waals surface area (Å²) in [6.45, 7) is 2.26. The number of unbranched alkanes of at least 4 members (excludes halogenated alkanes) is 14. The van der Waals surface area contributed by atoms with Crippen molar-refractivity contribution in [2.45, 2.75) is 110 Å². The van der Waals surface area contributed by atoms with Gasteiger partial charge in [-0.3, -0.25) is 9.35 Å². The average Bonchev–Trinajstić information content (AvgIpc) is 2.50. The van der Waals surface area contributed by atoms with E-state index in [2.05, 4.69) is 11.1 Å². The van der Waals surface area contributed by atoms with E-state index in [0.717, 1.165) is 19.3 Å². The molecular weight excluding hydrogens is 312 g/mol. The van der Waals surface area contributed by atoms with Crippen LogP contribution in [0.1, 0.15) is 110 Å². The van der Waals surface area contributed by atoms with Gasteiger partial charge in [0, 0.05) is 6.42 Å². The lowest BCUT2D eigenvalue weighted by molar-refractivity contribution is -0.134. The lowest BCUT2D eigenvalue weighted by atomic mass is 10.0. The standard InChI is InChI=1S/C18H36O4S/c1-2-3-4-5-6-7-8-9-10-11-12-13-14-15-16-17-18(19)22-23(20)21/h2-17H2,1H3,(H,20,21). The first kappa shape index (κ1) is 22.6. The van der Waals surface area contributed by atoms with Crippen LogP contribution < -0.4 is 0 Å². The van der Waals surface area contributed by atoms with Gasteiger partial charge in [-0.2, -0.15) is 4.21 Å². The van der Waals surface area contributed by atoms with Gasteiger partial charge in [0.25, 0.3) is 0 Å². The molecule has 0 bridgehead atoms. The highest BCUT2D eigenvalue weighted by Crippen LogP contribution is 2.13. The van der Waals surface area contributed by atoms with Gasteiger partial charge < -0.3 is 4.18 Å². The molecule has 0 saturated carbocycles. The zero-order valence-corrected chi connectivity index (χ0v) is 15.7. The van der Waals surface area contributed by atoms with E-state index in [0.29, 0.717) is 0 Å². The van der Waals surface area contributed by atoms with E-state index in [4.69, 9.17) is 4.55 Å². The van der Waals surface area contributed by atoms with Crippen molar-refractivity contribution in [2.75, 3.05) is 0 Å². The monoisotopic (exact) mass is 348 g/mol. The van der Waals surface area contributed by atoms with Gasteiger partial charge in [-0.15, -0.1) is 0 Å². The molecule has 4 nitrogen and oxygen atoms in total. The van der Waals surface area contributed by atoms with Gasteiger partial charge in [0.05, 0.1) is 0 Å². The fourth-order valence-corrected chi connectivity index (χ4v) is 3.00. The second-order valence-corrected chi connectivity index (χ2v) is 6.97. The van der Waals surface area contributed by atoms with Gasteiger partial charge in [-0.25, -0.2) is 0 Å². The largest absolute Gasteiger partial charge is 0.360 e. The zero-order chi connectivity index (χ0) is 17.2. The Labute approximate surface area is 145 Å². The van der Waals surface area contributed by atoms with Crippen LogP contribution in [0.15, 0.2) is 0 Å². The van der Waals surface area contributed by atoms with Gasteiger partial charge >= 0.3 is 17.3 Å². The van der Waals surface area contributed by atoms with Crippen LogP contribution in [0.5, 0.6) is 0 Å². The molecule has 0 aliphatic carbocycles. The van der Waals surface area contributed by atoms with Gasteiger partial charge in [-0.1, -0.05) is 96.8 Å². The topological polar surface area (TPSA) is 63.6 Å². The minimum Gasteiger partial charge on any atom is -0.343 e. The Bertz CT molecular complexity index is 295. The zero-order valence-electron chi connectivity index (χ0n) is 14.9. The quantitative estimate of drug-likeness (QED) is 0.261. The molecule has 0 aromatic heterocycles. The summed E-state index contributed by atoms with van der Waals surface area (Å²) in [6.07, 6.45) is 19.4. The summed E-state index contributed by atoms with van der Waals surface area (Å²) < 4.78 is 22.8. The molecule has 0 aliphatic heterocycles. The van der Waals surface area contributed by atoms with Gasteiger partial charge in [0.1, 0.15) is 0 Å².